The fourth-order valence-corrected chi connectivity index (χ4v) is 3.88. The zero-order valence-electron chi connectivity index (χ0n) is 13.5. The molecule has 0 aliphatic heterocycles. The van der Waals surface area contributed by atoms with Crippen LogP contribution < -0.4 is 5.32 Å². The SMILES string of the molecule is CC1(NC(=O)C2CC2c2cc(F)ccc2F)CCCCC1C(=O)O. The molecular weight excluding hydrogens is 316 g/mol. The average molecular weight is 337 g/mol. The lowest BCUT2D eigenvalue weighted by molar-refractivity contribution is -0.146. The van der Waals surface area contributed by atoms with Gasteiger partial charge in [-0.1, -0.05) is 12.8 Å². The molecule has 1 aromatic carbocycles. The number of halogens is 2. The number of aliphatic carboxylic acids is 1. The van der Waals surface area contributed by atoms with Crippen molar-refractivity contribution in [1.29, 1.82) is 0 Å². The largest absolute Gasteiger partial charge is 0.481 e. The molecule has 6 heteroatoms. The predicted molar refractivity (Wildman–Crippen MR) is 83.3 cm³/mol. The van der Waals surface area contributed by atoms with Gasteiger partial charge in [-0.25, -0.2) is 8.78 Å². The summed E-state index contributed by atoms with van der Waals surface area (Å²) in [7, 11) is 0. The normalized spacial score (nSPS) is 32.2. The first kappa shape index (κ1) is 16.9. The summed E-state index contributed by atoms with van der Waals surface area (Å²) in [4.78, 5) is 24.0. The molecule has 3 rings (SSSR count). The molecule has 130 valence electrons. The summed E-state index contributed by atoms with van der Waals surface area (Å²) in [6.07, 6.45) is 3.32. The van der Waals surface area contributed by atoms with Crippen molar-refractivity contribution in [2.75, 3.05) is 0 Å². The summed E-state index contributed by atoms with van der Waals surface area (Å²) < 4.78 is 27.1. The van der Waals surface area contributed by atoms with Crippen LogP contribution >= 0.6 is 0 Å². The number of carbonyl (C=O) groups excluding carboxylic acids is 1. The Bertz CT molecular complexity index is 678. The molecule has 2 aliphatic carbocycles. The van der Waals surface area contributed by atoms with E-state index in [1.54, 1.807) is 6.92 Å². The molecule has 2 aliphatic rings. The zero-order chi connectivity index (χ0) is 17.5. The van der Waals surface area contributed by atoms with Crippen LogP contribution in [0.15, 0.2) is 18.2 Å². The number of nitrogens with one attached hydrogen (secondary N) is 1. The van der Waals surface area contributed by atoms with Gasteiger partial charge in [0.25, 0.3) is 0 Å². The molecule has 0 spiro atoms. The summed E-state index contributed by atoms with van der Waals surface area (Å²) in [5.41, 5.74) is -0.562. The number of hydrogen-bond donors (Lipinski definition) is 2. The van der Waals surface area contributed by atoms with Crippen LogP contribution in [-0.4, -0.2) is 22.5 Å². The van der Waals surface area contributed by atoms with Gasteiger partial charge in [0.1, 0.15) is 11.6 Å². The number of rotatable bonds is 4. The van der Waals surface area contributed by atoms with E-state index < -0.39 is 35.0 Å². The predicted octanol–water partition coefficient (Wildman–Crippen LogP) is 3.22. The molecule has 24 heavy (non-hydrogen) atoms. The van der Waals surface area contributed by atoms with Gasteiger partial charge >= 0.3 is 5.97 Å². The molecule has 0 aromatic heterocycles. The van der Waals surface area contributed by atoms with E-state index in [-0.39, 0.29) is 17.4 Å². The van der Waals surface area contributed by atoms with Crippen molar-refractivity contribution >= 4 is 11.9 Å². The highest BCUT2D eigenvalue weighted by molar-refractivity contribution is 5.84. The van der Waals surface area contributed by atoms with Crippen molar-refractivity contribution in [2.24, 2.45) is 11.8 Å². The zero-order valence-corrected chi connectivity index (χ0v) is 13.5. The smallest absolute Gasteiger partial charge is 0.308 e. The highest BCUT2D eigenvalue weighted by atomic mass is 19.1. The summed E-state index contributed by atoms with van der Waals surface area (Å²) in [6, 6.07) is 3.26. The number of carboxylic acid groups (broad SMARTS) is 1. The van der Waals surface area contributed by atoms with Crippen LogP contribution in [0.3, 0.4) is 0 Å². The number of carbonyl (C=O) groups is 2. The summed E-state index contributed by atoms with van der Waals surface area (Å²) in [5, 5.41) is 12.3. The van der Waals surface area contributed by atoms with Crippen LogP contribution in [0.1, 0.15) is 50.5 Å². The van der Waals surface area contributed by atoms with Crippen LogP contribution in [0.25, 0.3) is 0 Å². The summed E-state index contributed by atoms with van der Waals surface area (Å²) in [5.74, 6) is -3.57. The van der Waals surface area contributed by atoms with Crippen molar-refractivity contribution in [2.45, 2.75) is 50.5 Å². The third-order valence-corrected chi connectivity index (χ3v) is 5.40. The Morgan fingerprint density at radius 3 is 2.75 bits per heavy atom. The molecule has 0 radical (unpaired) electrons. The molecule has 4 unspecified atom stereocenters. The lowest BCUT2D eigenvalue weighted by Gasteiger charge is -2.40. The van der Waals surface area contributed by atoms with Crippen molar-refractivity contribution < 1.29 is 23.5 Å². The van der Waals surface area contributed by atoms with Gasteiger partial charge in [0.05, 0.1) is 11.5 Å². The molecular formula is C18H21F2NO3. The maximum absolute atomic E-state index is 13.8. The second kappa shape index (κ2) is 6.15. The standard InChI is InChI=1S/C18H21F2NO3/c1-18(7-3-2-4-14(18)17(23)24)21-16(22)13-9-11(13)12-8-10(19)5-6-15(12)20/h5-6,8,11,13-14H,2-4,7,9H2,1H3,(H,21,22)(H,23,24). The van der Waals surface area contributed by atoms with Gasteiger partial charge in [-0.15, -0.1) is 0 Å². The van der Waals surface area contributed by atoms with Gasteiger partial charge in [0, 0.05) is 5.92 Å². The molecule has 2 N–H and O–H groups in total. The number of hydrogen-bond acceptors (Lipinski definition) is 2. The Morgan fingerprint density at radius 1 is 1.29 bits per heavy atom. The molecule has 0 bridgehead atoms. The average Bonchev–Trinajstić information content (AvgIpc) is 3.30. The summed E-state index contributed by atoms with van der Waals surface area (Å²) in [6.45, 7) is 1.77. The van der Waals surface area contributed by atoms with E-state index in [9.17, 15) is 23.5 Å². The van der Waals surface area contributed by atoms with Gasteiger partial charge in [-0.3, -0.25) is 9.59 Å². The Hall–Kier alpha value is -1.98. The molecule has 4 nitrogen and oxygen atoms in total. The van der Waals surface area contributed by atoms with Crippen LogP contribution in [0.5, 0.6) is 0 Å². The van der Waals surface area contributed by atoms with Gasteiger partial charge < -0.3 is 10.4 Å². The van der Waals surface area contributed by atoms with E-state index in [1.165, 1.54) is 0 Å². The van der Waals surface area contributed by atoms with E-state index in [0.29, 0.717) is 19.3 Å². The minimum atomic E-state index is -0.902. The fourth-order valence-electron chi connectivity index (χ4n) is 3.88. The van der Waals surface area contributed by atoms with Crippen LogP contribution in [0.4, 0.5) is 8.78 Å². The monoisotopic (exact) mass is 337 g/mol. The summed E-state index contributed by atoms with van der Waals surface area (Å²) >= 11 is 0. The Kier molecular flexibility index (Phi) is 4.32. The van der Waals surface area contributed by atoms with Crippen molar-refractivity contribution in [1.82, 2.24) is 5.32 Å². The lowest BCUT2D eigenvalue weighted by Crippen LogP contribution is -2.55. The molecule has 0 heterocycles. The molecule has 2 fully saturated rings. The van der Waals surface area contributed by atoms with Crippen LogP contribution in [-0.2, 0) is 9.59 Å². The minimum absolute atomic E-state index is 0.221. The van der Waals surface area contributed by atoms with Crippen molar-refractivity contribution in [3.63, 3.8) is 0 Å². The number of amides is 1. The number of carboxylic acids is 1. The van der Waals surface area contributed by atoms with Crippen molar-refractivity contribution in [3.8, 4) is 0 Å². The van der Waals surface area contributed by atoms with Gasteiger partial charge in [-0.2, -0.15) is 0 Å². The van der Waals surface area contributed by atoms with E-state index in [2.05, 4.69) is 5.32 Å². The van der Waals surface area contributed by atoms with Gasteiger partial charge in [0.2, 0.25) is 5.91 Å². The Balaban J connectivity index is 1.70. The number of benzene rings is 1. The van der Waals surface area contributed by atoms with E-state index >= 15 is 0 Å². The van der Waals surface area contributed by atoms with Gasteiger partial charge in [0.15, 0.2) is 0 Å². The molecule has 2 saturated carbocycles. The van der Waals surface area contributed by atoms with E-state index in [4.69, 9.17) is 0 Å². The molecule has 4 atom stereocenters. The maximum Gasteiger partial charge on any atom is 0.308 e. The Labute approximate surface area is 139 Å². The first-order chi connectivity index (χ1) is 11.3. The molecule has 0 saturated heterocycles. The second-order valence-corrected chi connectivity index (χ2v) is 7.16. The first-order valence-electron chi connectivity index (χ1n) is 8.31. The third kappa shape index (κ3) is 3.14. The van der Waals surface area contributed by atoms with E-state index in [0.717, 1.165) is 31.0 Å². The quantitative estimate of drug-likeness (QED) is 0.886. The lowest BCUT2D eigenvalue weighted by atomic mass is 9.73. The highest BCUT2D eigenvalue weighted by Crippen LogP contribution is 2.49. The molecule has 1 aromatic rings. The highest BCUT2D eigenvalue weighted by Gasteiger charge is 2.49. The van der Waals surface area contributed by atoms with Crippen LogP contribution in [0.2, 0.25) is 0 Å². The fraction of sp³-hybridized carbons (Fsp3) is 0.556. The second-order valence-electron chi connectivity index (χ2n) is 7.16. The maximum atomic E-state index is 13.8. The first-order valence-corrected chi connectivity index (χ1v) is 8.31. The Morgan fingerprint density at radius 2 is 2.04 bits per heavy atom. The van der Waals surface area contributed by atoms with Gasteiger partial charge in [-0.05, 0) is 55.9 Å². The third-order valence-electron chi connectivity index (χ3n) is 5.40. The minimum Gasteiger partial charge on any atom is -0.481 e. The molecule has 1 amide bonds. The van der Waals surface area contributed by atoms with Crippen LogP contribution in [0, 0.1) is 23.5 Å². The van der Waals surface area contributed by atoms with E-state index in [1.807, 2.05) is 0 Å². The van der Waals surface area contributed by atoms with Crippen molar-refractivity contribution in [3.05, 3.63) is 35.4 Å². The topological polar surface area (TPSA) is 66.4 Å².